The molecule has 0 radical (unpaired) electrons. The zero-order chi connectivity index (χ0) is 13.3. The van der Waals surface area contributed by atoms with Gasteiger partial charge >= 0.3 is 6.18 Å². The fourth-order valence-corrected chi connectivity index (χ4v) is 2.73. The molecule has 2 rings (SSSR count). The van der Waals surface area contributed by atoms with Crippen LogP contribution in [0.1, 0.15) is 12.5 Å². The molecule has 0 spiro atoms. The van der Waals surface area contributed by atoms with Gasteiger partial charge in [0, 0.05) is 18.8 Å². The molecule has 2 atom stereocenters. The molecule has 1 heterocycles. The van der Waals surface area contributed by atoms with Crippen molar-refractivity contribution < 1.29 is 13.2 Å². The Bertz CT molecular complexity index is 419. The van der Waals surface area contributed by atoms with Gasteiger partial charge in [-0.25, -0.2) is 0 Å². The van der Waals surface area contributed by atoms with Gasteiger partial charge in [-0.1, -0.05) is 41.1 Å². The molecule has 1 aliphatic rings. The van der Waals surface area contributed by atoms with E-state index in [0.717, 1.165) is 17.7 Å². The van der Waals surface area contributed by atoms with Crippen LogP contribution in [0.4, 0.5) is 18.9 Å². The Kier molecular flexibility index (Phi) is 3.90. The number of anilines is 1. The van der Waals surface area contributed by atoms with Crippen molar-refractivity contribution in [2.75, 3.05) is 18.0 Å². The molecule has 1 aromatic carbocycles. The van der Waals surface area contributed by atoms with Crippen molar-refractivity contribution in [3.63, 3.8) is 0 Å². The number of para-hydroxylation sites is 1. The molecule has 2 unspecified atom stereocenters. The van der Waals surface area contributed by atoms with Gasteiger partial charge < -0.3 is 4.90 Å². The van der Waals surface area contributed by atoms with Crippen LogP contribution in [0.15, 0.2) is 24.3 Å². The Morgan fingerprint density at radius 1 is 1.39 bits per heavy atom. The quantitative estimate of drug-likeness (QED) is 0.744. The SMILES string of the molecule is CC1Cc2ccccc2N(CC(Br)C(F)(F)F)C1. The molecule has 0 aliphatic carbocycles. The topological polar surface area (TPSA) is 3.24 Å². The number of halogens is 4. The molecule has 1 aliphatic heterocycles. The number of hydrogen-bond acceptors (Lipinski definition) is 1. The van der Waals surface area contributed by atoms with Crippen LogP contribution in [0.25, 0.3) is 0 Å². The maximum atomic E-state index is 12.6. The van der Waals surface area contributed by atoms with Gasteiger partial charge in [-0.2, -0.15) is 13.2 Å². The zero-order valence-corrected chi connectivity index (χ0v) is 11.6. The highest BCUT2D eigenvalue weighted by Gasteiger charge is 2.39. The van der Waals surface area contributed by atoms with E-state index in [9.17, 15) is 13.2 Å². The van der Waals surface area contributed by atoms with E-state index in [-0.39, 0.29) is 6.54 Å². The molecule has 5 heteroatoms. The molecule has 1 nitrogen and oxygen atoms in total. The molecule has 0 aromatic heterocycles. The van der Waals surface area contributed by atoms with E-state index < -0.39 is 11.0 Å². The summed E-state index contributed by atoms with van der Waals surface area (Å²) >= 11 is 2.74. The van der Waals surface area contributed by atoms with Crippen LogP contribution in [0, 0.1) is 5.92 Å². The summed E-state index contributed by atoms with van der Waals surface area (Å²) in [6, 6.07) is 7.70. The summed E-state index contributed by atoms with van der Waals surface area (Å²) in [6.07, 6.45) is -3.26. The Morgan fingerprint density at radius 3 is 2.72 bits per heavy atom. The van der Waals surface area contributed by atoms with Gasteiger partial charge in [0.2, 0.25) is 0 Å². The van der Waals surface area contributed by atoms with Crippen LogP contribution in [-0.2, 0) is 6.42 Å². The lowest BCUT2D eigenvalue weighted by Gasteiger charge is -2.36. The highest BCUT2D eigenvalue weighted by molar-refractivity contribution is 9.09. The van der Waals surface area contributed by atoms with Gasteiger partial charge in [-0.15, -0.1) is 0 Å². The van der Waals surface area contributed by atoms with Crippen LogP contribution in [0.2, 0.25) is 0 Å². The predicted molar refractivity (Wildman–Crippen MR) is 70.3 cm³/mol. The smallest absolute Gasteiger partial charge is 0.370 e. The van der Waals surface area contributed by atoms with Crippen molar-refractivity contribution in [3.8, 4) is 0 Å². The fourth-order valence-electron chi connectivity index (χ4n) is 2.38. The fraction of sp³-hybridized carbons (Fsp3) is 0.538. The van der Waals surface area contributed by atoms with E-state index in [0.29, 0.717) is 12.5 Å². The molecule has 0 saturated carbocycles. The number of fused-ring (bicyclic) bond motifs is 1. The molecule has 100 valence electrons. The van der Waals surface area contributed by atoms with E-state index in [4.69, 9.17) is 0 Å². The van der Waals surface area contributed by atoms with Gasteiger partial charge in [0.05, 0.1) is 0 Å². The third-order valence-corrected chi connectivity index (χ3v) is 3.98. The second-order valence-corrected chi connectivity index (χ2v) is 5.96. The normalized spacial score (nSPS) is 21.6. The minimum Gasteiger partial charge on any atom is -0.370 e. The molecular formula is C13H15BrF3N. The summed E-state index contributed by atoms with van der Waals surface area (Å²) in [7, 11) is 0. The average Bonchev–Trinajstić information content (AvgIpc) is 2.27. The largest absolute Gasteiger partial charge is 0.402 e. The van der Waals surface area contributed by atoms with E-state index in [1.165, 1.54) is 0 Å². The van der Waals surface area contributed by atoms with Crippen LogP contribution in [-0.4, -0.2) is 24.1 Å². The maximum absolute atomic E-state index is 12.6. The number of rotatable bonds is 2. The molecule has 0 saturated heterocycles. The minimum absolute atomic E-state index is 0.0369. The molecule has 0 N–H and O–H groups in total. The summed E-state index contributed by atoms with van der Waals surface area (Å²) in [5.74, 6) is 0.382. The van der Waals surface area contributed by atoms with E-state index in [1.54, 1.807) is 0 Å². The second kappa shape index (κ2) is 5.11. The Balaban J connectivity index is 2.19. The van der Waals surface area contributed by atoms with E-state index in [2.05, 4.69) is 22.9 Å². The maximum Gasteiger partial charge on any atom is 0.402 e. The third-order valence-electron chi connectivity index (χ3n) is 3.17. The van der Waals surface area contributed by atoms with E-state index in [1.807, 2.05) is 29.2 Å². The Hall–Kier alpha value is -0.710. The van der Waals surface area contributed by atoms with Gasteiger partial charge in [0.15, 0.2) is 0 Å². The van der Waals surface area contributed by atoms with Gasteiger partial charge in [-0.05, 0) is 24.0 Å². The van der Waals surface area contributed by atoms with Crippen molar-refractivity contribution >= 4 is 21.6 Å². The van der Waals surface area contributed by atoms with Crippen LogP contribution in [0.3, 0.4) is 0 Å². The lowest BCUT2D eigenvalue weighted by molar-refractivity contribution is -0.125. The van der Waals surface area contributed by atoms with Gasteiger partial charge in [0.1, 0.15) is 4.83 Å². The average molecular weight is 322 g/mol. The third kappa shape index (κ3) is 2.99. The molecule has 0 amide bonds. The number of benzene rings is 1. The van der Waals surface area contributed by atoms with Crippen molar-refractivity contribution in [2.24, 2.45) is 5.92 Å². The summed E-state index contributed by atoms with van der Waals surface area (Å²) in [4.78, 5) is 0.347. The first-order valence-corrected chi connectivity index (χ1v) is 6.83. The zero-order valence-electron chi connectivity index (χ0n) is 10.0. The highest BCUT2D eigenvalue weighted by atomic mass is 79.9. The van der Waals surface area contributed by atoms with Crippen molar-refractivity contribution in [1.82, 2.24) is 0 Å². The van der Waals surface area contributed by atoms with Crippen molar-refractivity contribution in [1.29, 1.82) is 0 Å². The molecule has 0 bridgehead atoms. The lowest BCUT2D eigenvalue weighted by atomic mass is 9.94. The van der Waals surface area contributed by atoms with E-state index >= 15 is 0 Å². The second-order valence-electron chi connectivity index (χ2n) is 4.85. The summed E-state index contributed by atoms with van der Waals surface area (Å²) in [5, 5.41) is 0. The number of hydrogen-bond donors (Lipinski definition) is 0. The van der Waals surface area contributed by atoms with Crippen LogP contribution >= 0.6 is 15.9 Å². The predicted octanol–water partition coefficient (Wildman–Crippen LogP) is 4.01. The lowest BCUT2D eigenvalue weighted by Crippen LogP contribution is -2.42. The Labute approximate surface area is 113 Å². The molecular weight excluding hydrogens is 307 g/mol. The number of alkyl halides is 4. The summed E-state index contributed by atoms with van der Waals surface area (Å²) < 4.78 is 37.8. The molecule has 0 fully saturated rings. The summed E-state index contributed by atoms with van der Waals surface area (Å²) in [6.45, 7) is 2.71. The van der Waals surface area contributed by atoms with Gasteiger partial charge in [-0.3, -0.25) is 0 Å². The minimum atomic E-state index is -4.20. The monoisotopic (exact) mass is 321 g/mol. The van der Waals surface area contributed by atoms with Crippen LogP contribution in [0.5, 0.6) is 0 Å². The first-order chi connectivity index (χ1) is 8.38. The Morgan fingerprint density at radius 2 is 2.06 bits per heavy atom. The van der Waals surface area contributed by atoms with Gasteiger partial charge in [0.25, 0.3) is 0 Å². The van der Waals surface area contributed by atoms with Crippen molar-refractivity contribution in [2.45, 2.75) is 24.3 Å². The first kappa shape index (κ1) is 13.7. The standard InChI is InChI=1S/C13H15BrF3N/c1-9-6-10-4-2-3-5-11(10)18(7-9)8-12(14)13(15,16)17/h2-5,9,12H,6-8H2,1H3. The molecule has 1 aromatic rings. The molecule has 18 heavy (non-hydrogen) atoms. The highest BCUT2D eigenvalue weighted by Crippen LogP contribution is 2.33. The van der Waals surface area contributed by atoms with Crippen molar-refractivity contribution in [3.05, 3.63) is 29.8 Å². The van der Waals surface area contributed by atoms with Crippen LogP contribution < -0.4 is 4.90 Å². The summed E-state index contributed by atoms with van der Waals surface area (Å²) in [5.41, 5.74) is 2.07. The first-order valence-electron chi connectivity index (χ1n) is 5.91. The number of nitrogens with zero attached hydrogens (tertiary/aromatic N) is 1.